The van der Waals surface area contributed by atoms with E-state index >= 15 is 0 Å². The summed E-state index contributed by atoms with van der Waals surface area (Å²) in [7, 11) is 0. The van der Waals surface area contributed by atoms with Gasteiger partial charge in [-0.3, -0.25) is 4.79 Å². The minimum atomic E-state index is -0.692. The Labute approximate surface area is 93.7 Å². The van der Waals surface area contributed by atoms with Crippen LogP contribution in [0.3, 0.4) is 0 Å². The van der Waals surface area contributed by atoms with Gasteiger partial charge in [0.05, 0.1) is 5.92 Å². The summed E-state index contributed by atoms with van der Waals surface area (Å²) in [4.78, 5) is 11.2. The Morgan fingerprint density at radius 2 is 2.19 bits per heavy atom. The molecule has 2 aliphatic carbocycles. The Balaban J connectivity index is 2.08. The summed E-state index contributed by atoms with van der Waals surface area (Å²) < 4.78 is 0. The van der Waals surface area contributed by atoms with Crippen molar-refractivity contribution in [2.24, 2.45) is 5.92 Å². The number of carboxylic acid groups (broad SMARTS) is 1. The molecule has 0 saturated heterocycles. The lowest BCUT2D eigenvalue weighted by Gasteiger charge is -2.45. The van der Waals surface area contributed by atoms with Crippen molar-refractivity contribution < 1.29 is 15.0 Å². The average molecular weight is 218 g/mol. The van der Waals surface area contributed by atoms with Crippen molar-refractivity contribution in [1.82, 2.24) is 0 Å². The van der Waals surface area contributed by atoms with Gasteiger partial charge in [0.1, 0.15) is 5.75 Å². The number of aliphatic carboxylic acids is 1. The van der Waals surface area contributed by atoms with Crippen LogP contribution in [0.5, 0.6) is 5.75 Å². The van der Waals surface area contributed by atoms with E-state index in [1.807, 2.05) is 6.07 Å². The van der Waals surface area contributed by atoms with Gasteiger partial charge in [-0.2, -0.15) is 0 Å². The van der Waals surface area contributed by atoms with E-state index in [1.54, 1.807) is 12.1 Å². The van der Waals surface area contributed by atoms with Crippen LogP contribution in [-0.2, 0) is 16.6 Å². The number of aryl methyl sites for hydroxylation is 1. The highest BCUT2D eigenvalue weighted by Crippen LogP contribution is 2.56. The first-order chi connectivity index (χ1) is 7.63. The van der Waals surface area contributed by atoms with Crippen molar-refractivity contribution >= 4 is 5.97 Å². The van der Waals surface area contributed by atoms with Crippen molar-refractivity contribution in [2.75, 3.05) is 0 Å². The molecule has 16 heavy (non-hydrogen) atoms. The van der Waals surface area contributed by atoms with Gasteiger partial charge in [-0.15, -0.1) is 0 Å². The predicted molar refractivity (Wildman–Crippen MR) is 58.5 cm³/mol. The topological polar surface area (TPSA) is 57.5 Å². The van der Waals surface area contributed by atoms with Crippen molar-refractivity contribution in [3.8, 4) is 5.75 Å². The molecule has 0 aromatic heterocycles. The highest BCUT2D eigenvalue weighted by atomic mass is 16.4. The minimum Gasteiger partial charge on any atom is -0.508 e. The van der Waals surface area contributed by atoms with Gasteiger partial charge in [-0.25, -0.2) is 0 Å². The lowest BCUT2D eigenvalue weighted by Crippen LogP contribution is -2.46. The zero-order chi connectivity index (χ0) is 11.3. The van der Waals surface area contributed by atoms with Crippen molar-refractivity contribution in [3.05, 3.63) is 29.3 Å². The SMILES string of the molecule is O=C(O)C1CC[C@]12CCc1ccc(O)cc12. The van der Waals surface area contributed by atoms with Crippen LogP contribution in [0.15, 0.2) is 18.2 Å². The fraction of sp³-hybridized carbons (Fsp3) is 0.462. The van der Waals surface area contributed by atoms with Gasteiger partial charge in [0.2, 0.25) is 0 Å². The minimum absolute atomic E-state index is 0.181. The van der Waals surface area contributed by atoms with Crippen molar-refractivity contribution in [3.63, 3.8) is 0 Å². The normalized spacial score (nSPS) is 31.1. The Kier molecular flexibility index (Phi) is 1.82. The number of phenolic OH excluding ortho intramolecular Hbond substituents is 1. The molecule has 0 bridgehead atoms. The summed E-state index contributed by atoms with van der Waals surface area (Å²) >= 11 is 0. The van der Waals surface area contributed by atoms with Crippen LogP contribution in [0.2, 0.25) is 0 Å². The Morgan fingerprint density at radius 1 is 1.38 bits per heavy atom. The number of aromatic hydroxyl groups is 1. The number of carbonyl (C=O) groups is 1. The zero-order valence-corrected chi connectivity index (χ0v) is 8.94. The van der Waals surface area contributed by atoms with Crippen LogP contribution < -0.4 is 0 Å². The first kappa shape index (κ1) is 9.70. The summed E-state index contributed by atoms with van der Waals surface area (Å²) in [6.45, 7) is 0. The van der Waals surface area contributed by atoms with E-state index in [1.165, 1.54) is 5.56 Å². The maximum atomic E-state index is 11.2. The van der Waals surface area contributed by atoms with Crippen LogP contribution in [-0.4, -0.2) is 16.2 Å². The molecule has 3 rings (SSSR count). The van der Waals surface area contributed by atoms with E-state index in [2.05, 4.69) is 0 Å². The molecule has 1 spiro atoms. The van der Waals surface area contributed by atoms with Crippen LogP contribution in [0.25, 0.3) is 0 Å². The molecule has 1 fully saturated rings. The van der Waals surface area contributed by atoms with Crippen molar-refractivity contribution in [1.29, 1.82) is 0 Å². The van der Waals surface area contributed by atoms with E-state index in [0.717, 1.165) is 31.2 Å². The number of fused-ring (bicyclic) bond motifs is 2. The molecule has 2 N–H and O–H groups in total. The number of phenols is 1. The Bertz CT molecular complexity index is 466. The molecule has 3 heteroatoms. The molecule has 0 aliphatic heterocycles. The lowest BCUT2D eigenvalue weighted by molar-refractivity contribution is -0.149. The third-order valence-corrected chi connectivity index (χ3v) is 4.31. The fourth-order valence-electron chi connectivity index (χ4n) is 3.36. The molecular formula is C13H14O3. The summed E-state index contributed by atoms with van der Waals surface area (Å²) in [5, 5.41) is 18.7. The van der Waals surface area contributed by atoms with Crippen LogP contribution in [0.1, 0.15) is 30.4 Å². The van der Waals surface area contributed by atoms with Gasteiger partial charge >= 0.3 is 5.97 Å². The molecule has 2 atom stereocenters. The van der Waals surface area contributed by atoms with Gasteiger partial charge in [-0.05, 0) is 48.9 Å². The molecule has 0 heterocycles. The molecule has 3 nitrogen and oxygen atoms in total. The Hall–Kier alpha value is -1.51. The number of carboxylic acids is 1. The smallest absolute Gasteiger partial charge is 0.307 e. The molecule has 84 valence electrons. The number of hydrogen-bond donors (Lipinski definition) is 2. The van der Waals surface area contributed by atoms with Crippen molar-refractivity contribution in [2.45, 2.75) is 31.1 Å². The summed E-state index contributed by atoms with van der Waals surface area (Å²) in [6.07, 6.45) is 3.58. The number of hydrogen-bond acceptors (Lipinski definition) is 2. The van der Waals surface area contributed by atoms with E-state index in [-0.39, 0.29) is 17.1 Å². The van der Waals surface area contributed by atoms with E-state index < -0.39 is 5.97 Å². The molecule has 0 amide bonds. The van der Waals surface area contributed by atoms with Gasteiger partial charge in [-0.1, -0.05) is 6.07 Å². The molecule has 1 aromatic carbocycles. The third-order valence-electron chi connectivity index (χ3n) is 4.31. The summed E-state index contributed by atoms with van der Waals surface area (Å²) in [6, 6.07) is 5.38. The first-order valence-electron chi connectivity index (χ1n) is 5.69. The predicted octanol–water partition coefficient (Wildman–Crippen LogP) is 2.07. The maximum Gasteiger partial charge on any atom is 0.307 e. The highest BCUT2D eigenvalue weighted by molar-refractivity contribution is 5.75. The second-order valence-corrected chi connectivity index (χ2v) is 4.93. The molecule has 2 aliphatic rings. The molecule has 1 aromatic rings. The molecular weight excluding hydrogens is 204 g/mol. The molecule has 1 saturated carbocycles. The third kappa shape index (κ3) is 1.06. The average Bonchev–Trinajstić information content (AvgIpc) is 2.55. The number of benzene rings is 1. The quantitative estimate of drug-likeness (QED) is 0.758. The fourth-order valence-corrected chi connectivity index (χ4v) is 3.36. The van der Waals surface area contributed by atoms with E-state index in [0.29, 0.717) is 0 Å². The van der Waals surface area contributed by atoms with E-state index in [4.69, 9.17) is 0 Å². The largest absolute Gasteiger partial charge is 0.508 e. The molecule has 0 radical (unpaired) electrons. The summed E-state index contributed by atoms with van der Waals surface area (Å²) in [5.74, 6) is -0.700. The highest BCUT2D eigenvalue weighted by Gasteiger charge is 2.54. The van der Waals surface area contributed by atoms with Gasteiger partial charge < -0.3 is 10.2 Å². The van der Waals surface area contributed by atoms with Gasteiger partial charge in [0, 0.05) is 5.41 Å². The Morgan fingerprint density at radius 3 is 2.81 bits per heavy atom. The van der Waals surface area contributed by atoms with Crippen LogP contribution >= 0.6 is 0 Å². The number of rotatable bonds is 1. The second kappa shape index (κ2) is 3.00. The standard InChI is InChI=1S/C13H14O3/c14-9-2-1-8-3-5-13(11(8)7-9)6-4-10(13)12(15)16/h1-2,7,10,14H,3-6H2,(H,15,16)/t10?,13-/m1/s1. The lowest BCUT2D eigenvalue weighted by atomic mass is 9.57. The van der Waals surface area contributed by atoms with Gasteiger partial charge in [0.25, 0.3) is 0 Å². The molecule has 1 unspecified atom stereocenters. The van der Waals surface area contributed by atoms with Gasteiger partial charge in [0.15, 0.2) is 0 Å². The second-order valence-electron chi connectivity index (χ2n) is 4.93. The summed E-state index contributed by atoms with van der Waals surface area (Å²) in [5.41, 5.74) is 2.11. The first-order valence-corrected chi connectivity index (χ1v) is 5.69. The van der Waals surface area contributed by atoms with Crippen LogP contribution in [0, 0.1) is 5.92 Å². The monoisotopic (exact) mass is 218 g/mol. The van der Waals surface area contributed by atoms with Crippen LogP contribution in [0.4, 0.5) is 0 Å². The van der Waals surface area contributed by atoms with E-state index in [9.17, 15) is 15.0 Å². The zero-order valence-electron chi connectivity index (χ0n) is 8.94. The maximum absolute atomic E-state index is 11.2.